The number of carbonyl (C=O) groups is 1. The predicted molar refractivity (Wildman–Crippen MR) is 58.6 cm³/mol. The van der Waals surface area contributed by atoms with Crippen LogP contribution in [0.2, 0.25) is 0 Å². The van der Waals surface area contributed by atoms with Crippen molar-refractivity contribution in [3.63, 3.8) is 0 Å². The van der Waals surface area contributed by atoms with Gasteiger partial charge in [0.25, 0.3) is 0 Å². The van der Waals surface area contributed by atoms with Crippen LogP contribution in [0.1, 0.15) is 67.7 Å². The molecule has 88 valence electrons. The summed E-state index contributed by atoms with van der Waals surface area (Å²) in [6.45, 7) is 3.88. The molecule has 0 aromatic carbocycles. The summed E-state index contributed by atoms with van der Waals surface area (Å²) in [6.07, 6.45) is 4.34. The van der Waals surface area contributed by atoms with Crippen LogP contribution in [0.5, 0.6) is 0 Å². The summed E-state index contributed by atoms with van der Waals surface area (Å²) in [5.74, 6) is -0.818. The molecule has 0 atom stereocenters. The van der Waals surface area contributed by atoms with E-state index in [4.69, 9.17) is 0 Å². The Morgan fingerprint density at radius 2 is 2.06 bits per heavy atom. The second-order valence-corrected chi connectivity index (χ2v) is 4.67. The van der Waals surface area contributed by atoms with Gasteiger partial charge in [-0.3, -0.25) is 0 Å². The van der Waals surface area contributed by atoms with Gasteiger partial charge in [-0.1, -0.05) is 31.9 Å². The van der Waals surface area contributed by atoms with Gasteiger partial charge < -0.3 is 5.11 Å². The first-order valence-corrected chi connectivity index (χ1v) is 5.79. The Labute approximate surface area is 94.5 Å². The van der Waals surface area contributed by atoms with Crippen LogP contribution in [0.4, 0.5) is 0 Å². The minimum absolute atomic E-state index is 0.0984. The topological polar surface area (TPSA) is 68.0 Å². The Morgan fingerprint density at radius 3 is 2.56 bits per heavy atom. The first kappa shape index (κ1) is 11.1. The highest BCUT2D eigenvalue weighted by Crippen LogP contribution is 2.31. The van der Waals surface area contributed by atoms with E-state index < -0.39 is 5.97 Å². The van der Waals surface area contributed by atoms with E-state index in [0.29, 0.717) is 5.69 Å². The van der Waals surface area contributed by atoms with Crippen molar-refractivity contribution in [1.82, 2.24) is 15.0 Å². The number of nitrogens with zero attached hydrogens (tertiary/aromatic N) is 3. The monoisotopic (exact) mass is 223 g/mol. The van der Waals surface area contributed by atoms with Crippen molar-refractivity contribution in [2.45, 2.75) is 51.5 Å². The number of carboxylic acid groups (broad SMARTS) is 1. The molecule has 0 bridgehead atoms. The fourth-order valence-corrected chi connectivity index (χ4v) is 2.31. The van der Waals surface area contributed by atoms with E-state index in [9.17, 15) is 9.90 Å². The maximum absolute atomic E-state index is 11.3. The number of carboxylic acids is 1. The second-order valence-electron chi connectivity index (χ2n) is 4.67. The minimum atomic E-state index is -0.916. The summed E-state index contributed by atoms with van der Waals surface area (Å²) in [5, 5.41) is 17.3. The number of hydrogen-bond donors (Lipinski definition) is 1. The van der Waals surface area contributed by atoms with E-state index in [1.165, 1.54) is 0 Å². The quantitative estimate of drug-likeness (QED) is 0.853. The molecule has 1 heterocycles. The van der Waals surface area contributed by atoms with Crippen molar-refractivity contribution >= 4 is 5.97 Å². The van der Waals surface area contributed by atoms with Gasteiger partial charge in [0.1, 0.15) is 5.69 Å². The van der Waals surface area contributed by atoms with E-state index in [0.717, 1.165) is 25.7 Å². The van der Waals surface area contributed by atoms with Crippen LogP contribution in [0.15, 0.2) is 0 Å². The predicted octanol–water partition coefficient (Wildman–Crippen LogP) is 2.21. The van der Waals surface area contributed by atoms with Gasteiger partial charge in [-0.2, -0.15) is 0 Å². The fourth-order valence-electron chi connectivity index (χ4n) is 2.31. The Balaban J connectivity index is 2.41. The summed E-state index contributed by atoms with van der Waals surface area (Å²) < 4.78 is 1.62. The molecule has 1 aromatic heterocycles. The van der Waals surface area contributed by atoms with Crippen LogP contribution >= 0.6 is 0 Å². The van der Waals surface area contributed by atoms with E-state index >= 15 is 0 Å². The van der Waals surface area contributed by atoms with Crippen molar-refractivity contribution in [1.29, 1.82) is 0 Å². The average molecular weight is 223 g/mol. The Morgan fingerprint density at radius 1 is 1.44 bits per heavy atom. The van der Waals surface area contributed by atoms with Crippen LogP contribution < -0.4 is 0 Å². The molecule has 1 aliphatic carbocycles. The first-order valence-electron chi connectivity index (χ1n) is 5.79. The van der Waals surface area contributed by atoms with Crippen molar-refractivity contribution in [2.24, 2.45) is 0 Å². The average Bonchev–Trinajstić information content (AvgIpc) is 2.85. The SMILES string of the molecule is CC(C)c1nnn(C2CCCC2)c1C(=O)O. The molecule has 16 heavy (non-hydrogen) atoms. The summed E-state index contributed by atoms with van der Waals surface area (Å²) in [5.41, 5.74) is 0.876. The van der Waals surface area contributed by atoms with Crippen molar-refractivity contribution in [3.05, 3.63) is 11.4 Å². The van der Waals surface area contributed by atoms with Crippen LogP contribution in [0.3, 0.4) is 0 Å². The summed E-state index contributed by atoms with van der Waals surface area (Å²) in [4.78, 5) is 11.3. The van der Waals surface area contributed by atoms with Crippen molar-refractivity contribution in [3.8, 4) is 0 Å². The standard InChI is InChI=1S/C11H17N3O2/c1-7(2)9-10(11(15)16)14(13-12-9)8-5-3-4-6-8/h7-8H,3-6H2,1-2H3,(H,15,16). The summed E-state index contributed by atoms with van der Waals surface area (Å²) >= 11 is 0. The molecule has 5 nitrogen and oxygen atoms in total. The summed E-state index contributed by atoms with van der Waals surface area (Å²) in [7, 11) is 0. The highest BCUT2D eigenvalue weighted by molar-refractivity contribution is 5.87. The van der Waals surface area contributed by atoms with Gasteiger partial charge in [0, 0.05) is 0 Å². The molecule has 1 aliphatic rings. The molecule has 0 spiro atoms. The van der Waals surface area contributed by atoms with Gasteiger partial charge in [0.2, 0.25) is 0 Å². The molecule has 1 aromatic rings. The molecule has 0 saturated heterocycles. The van der Waals surface area contributed by atoms with Gasteiger partial charge in [-0.25, -0.2) is 9.48 Å². The Hall–Kier alpha value is -1.39. The molecule has 1 fully saturated rings. The number of rotatable bonds is 3. The lowest BCUT2D eigenvalue weighted by molar-refractivity contribution is 0.0678. The second kappa shape index (κ2) is 4.23. The highest BCUT2D eigenvalue weighted by Gasteiger charge is 2.27. The zero-order chi connectivity index (χ0) is 11.7. The molecule has 1 saturated carbocycles. The molecular formula is C11H17N3O2. The molecular weight excluding hydrogens is 206 g/mol. The van der Waals surface area contributed by atoms with Crippen LogP contribution in [0.25, 0.3) is 0 Å². The summed E-state index contributed by atoms with van der Waals surface area (Å²) in [6, 6.07) is 0.228. The minimum Gasteiger partial charge on any atom is -0.476 e. The maximum Gasteiger partial charge on any atom is 0.356 e. The molecule has 0 aliphatic heterocycles. The molecule has 2 rings (SSSR count). The molecule has 0 radical (unpaired) electrons. The van der Waals surface area contributed by atoms with Gasteiger partial charge in [-0.15, -0.1) is 5.10 Å². The van der Waals surface area contributed by atoms with E-state index in [1.807, 2.05) is 13.8 Å². The smallest absolute Gasteiger partial charge is 0.356 e. The van der Waals surface area contributed by atoms with Gasteiger partial charge in [0.05, 0.1) is 6.04 Å². The Kier molecular flexibility index (Phi) is 2.94. The van der Waals surface area contributed by atoms with Gasteiger partial charge >= 0.3 is 5.97 Å². The molecule has 0 unspecified atom stereocenters. The van der Waals surface area contributed by atoms with Crippen LogP contribution in [0, 0.1) is 0 Å². The number of aromatic nitrogens is 3. The van der Waals surface area contributed by atoms with Crippen LogP contribution in [-0.4, -0.2) is 26.1 Å². The normalized spacial score (nSPS) is 17.2. The van der Waals surface area contributed by atoms with Gasteiger partial charge in [0.15, 0.2) is 5.69 Å². The van der Waals surface area contributed by atoms with E-state index in [2.05, 4.69) is 10.3 Å². The third-order valence-electron chi connectivity index (χ3n) is 3.14. The maximum atomic E-state index is 11.3. The van der Waals surface area contributed by atoms with Crippen molar-refractivity contribution in [2.75, 3.05) is 0 Å². The number of hydrogen-bond acceptors (Lipinski definition) is 3. The zero-order valence-corrected chi connectivity index (χ0v) is 9.68. The lowest BCUT2D eigenvalue weighted by Gasteiger charge is -2.11. The fraction of sp³-hybridized carbons (Fsp3) is 0.727. The third kappa shape index (κ3) is 1.81. The molecule has 1 N–H and O–H groups in total. The molecule has 0 amide bonds. The highest BCUT2D eigenvalue weighted by atomic mass is 16.4. The first-order chi connectivity index (χ1) is 7.61. The number of aromatic carboxylic acids is 1. The third-order valence-corrected chi connectivity index (χ3v) is 3.14. The van der Waals surface area contributed by atoms with E-state index in [-0.39, 0.29) is 17.7 Å². The molecule has 5 heteroatoms. The van der Waals surface area contributed by atoms with Gasteiger partial charge in [-0.05, 0) is 18.8 Å². The van der Waals surface area contributed by atoms with Crippen molar-refractivity contribution < 1.29 is 9.90 Å². The Bertz CT molecular complexity index is 392. The largest absolute Gasteiger partial charge is 0.476 e. The van der Waals surface area contributed by atoms with E-state index in [1.54, 1.807) is 4.68 Å². The lowest BCUT2D eigenvalue weighted by Crippen LogP contribution is -2.15. The zero-order valence-electron chi connectivity index (χ0n) is 9.68. The lowest BCUT2D eigenvalue weighted by atomic mass is 10.1. The van der Waals surface area contributed by atoms with Crippen LogP contribution in [-0.2, 0) is 0 Å².